The Morgan fingerprint density at radius 2 is 2.12 bits per heavy atom. The van der Waals surface area contributed by atoms with Crippen LogP contribution in [0.15, 0.2) is 0 Å². The summed E-state index contributed by atoms with van der Waals surface area (Å²) in [6.45, 7) is 8.73. The number of piperidine rings is 1. The van der Waals surface area contributed by atoms with E-state index in [-0.39, 0.29) is 5.41 Å². The van der Waals surface area contributed by atoms with Crippen LogP contribution in [-0.4, -0.2) is 29.9 Å². The molecule has 0 bridgehead atoms. The van der Waals surface area contributed by atoms with E-state index in [1.54, 1.807) is 0 Å². The van der Waals surface area contributed by atoms with Gasteiger partial charge in [0, 0.05) is 11.5 Å². The first kappa shape index (κ1) is 13.5. The molecule has 3 heteroatoms. The molecule has 1 fully saturated rings. The average Bonchev–Trinajstić information content (AvgIpc) is 2.26. The lowest BCUT2D eigenvalue weighted by Crippen LogP contribution is -2.42. The summed E-state index contributed by atoms with van der Waals surface area (Å²) in [5.74, 6) is 0.317. The summed E-state index contributed by atoms with van der Waals surface area (Å²) in [5, 5.41) is 7.57. The summed E-state index contributed by atoms with van der Waals surface area (Å²) in [5.41, 5.74) is 5.47. The summed E-state index contributed by atoms with van der Waals surface area (Å²) in [7, 11) is 0. The molecule has 1 aliphatic rings. The van der Waals surface area contributed by atoms with Crippen molar-refractivity contribution in [2.45, 2.75) is 58.9 Å². The van der Waals surface area contributed by atoms with E-state index >= 15 is 0 Å². The molecule has 16 heavy (non-hydrogen) atoms. The Balaban J connectivity index is 2.43. The van der Waals surface area contributed by atoms with Gasteiger partial charge in [0.25, 0.3) is 0 Å². The van der Waals surface area contributed by atoms with Crippen LogP contribution in [0.4, 0.5) is 0 Å². The summed E-state index contributed by atoms with van der Waals surface area (Å²) >= 11 is 0. The largest absolute Gasteiger partial charge is 0.387 e. The first-order valence-corrected chi connectivity index (χ1v) is 6.56. The van der Waals surface area contributed by atoms with E-state index in [1.807, 2.05) is 0 Å². The third-order valence-electron chi connectivity index (χ3n) is 3.97. The van der Waals surface area contributed by atoms with Crippen LogP contribution in [0.5, 0.6) is 0 Å². The van der Waals surface area contributed by atoms with E-state index in [9.17, 15) is 0 Å². The Kier molecular flexibility index (Phi) is 4.78. The summed E-state index contributed by atoms with van der Waals surface area (Å²) in [6, 6.07) is 0.761. The van der Waals surface area contributed by atoms with Crippen LogP contribution in [0.1, 0.15) is 52.9 Å². The Labute approximate surface area is 99.9 Å². The van der Waals surface area contributed by atoms with Gasteiger partial charge in [-0.25, -0.2) is 0 Å². The summed E-state index contributed by atoms with van der Waals surface area (Å²) in [4.78, 5) is 2.59. The Morgan fingerprint density at radius 3 is 2.69 bits per heavy atom. The van der Waals surface area contributed by atoms with Crippen molar-refractivity contribution in [3.05, 3.63) is 0 Å². The molecule has 0 aromatic rings. The second-order valence-corrected chi connectivity index (χ2v) is 5.64. The number of nitrogens with one attached hydrogen (secondary N) is 1. The highest BCUT2D eigenvalue weighted by molar-refractivity contribution is 5.82. The molecule has 0 saturated carbocycles. The molecule has 0 aromatic heterocycles. The van der Waals surface area contributed by atoms with Crippen molar-refractivity contribution >= 4 is 5.84 Å². The Morgan fingerprint density at radius 1 is 1.44 bits per heavy atom. The van der Waals surface area contributed by atoms with E-state index in [0.29, 0.717) is 5.84 Å². The predicted octanol–water partition coefficient (Wildman–Crippen LogP) is 2.60. The molecule has 3 N–H and O–H groups in total. The third kappa shape index (κ3) is 3.48. The Bertz CT molecular complexity index is 235. The molecular formula is C13H27N3. The quantitative estimate of drug-likeness (QED) is 0.558. The number of hydrogen-bond donors (Lipinski definition) is 2. The normalized spacial score (nSPS) is 23.3. The van der Waals surface area contributed by atoms with Gasteiger partial charge >= 0.3 is 0 Å². The van der Waals surface area contributed by atoms with Crippen LogP contribution < -0.4 is 5.73 Å². The van der Waals surface area contributed by atoms with Crippen molar-refractivity contribution in [3.63, 3.8) is 0 Å². The molecule has 1 rings (SSSR count). The molecule has 0 aromatic carbocycles. The van der Waals surface area contributed by atoms with Crippen LogP contribution in [-0.2, 0) is 0 Å². The molecular weight excluding hydrogens is 198 g/mol. The van der Waals surface area contributed by atoms with Crippen molar-refractivity contribution in [1.82, 2.24) is 4.90 Å². The standard InChI is InChI=1S/C13H27N3/c1-4-11-7-5-6-9-16(11)10-8-13(2,3)12(14)15/h11H,4-10H2,1-3H3,(H3,14,15). The van der Waals surface area contributed by atoms with Gasteiger partial charge < -0.3 is 10.6 Å². The Hall–Kier alpha value is -0.570. The van der Waals surface area contributed by atoms with Crippen molar-refractivity contribution in [2.75, 3.05) is 13.1 Å². The van der Waals surface area contributed by atoms with E-state index in [0.717, 1.165) is 19.0 Å². The minimum absolute atomic E-state index is 0.143. The van der Waals surface area contributed by atoms with Crippen molar-refractivity contribution in [3.8, 4) is 0 Å². The van der Waals surface area contributed by atoms with Gasteiger partial charge in [0.15, 0.2) is 0 Å². The zero-order valence-electron chi connectivity index (χ0n) is 11.1. The van der Waals surface area contributed by atoms with Gasteiger partial charge in [-0.3, -0.25) is 5.41 Å². The number of amidine groups is 1. The molecule has 0 spiro atoms. The van der Waals surface area contributed by atoms with Gasteiger partial charge in [0.1, 0.15) is 0 Å². The second-order valence-electron chi connectivity index (χ2n) is 5.64. The molecule has 1 unspecified atom stereocenters. The fourth-order valence-corrected chi connectivity index (χ4v) is 2.37. The number of nitrogens with two attached hydrogens (primary N) is 1. The van der Waals surface area contributed by atoms with E-state index in [1.165, 1.54) is 32.2 Å². The zero-order valence-corrected chi connectivity index (χ0v) is 11.1. The maximum Gasteiger partial charge on any atom is 0.0963 e. The predicted molar refractivity (Wildman–Crippen MR) is 69.8 cm³/mol. The number of likely N-dealkylation sites (tertiary alicyclic amines) is 1. The monoisotopic (exact) mass is 225 g/mol. The van der Waals surface area contributed by atoms with E-state index < -0.39 is 0 Å². The SMILES string of the molecule is CCC1CCCCN1CCC(C)(C)C(=N)N. The molecule has 1 heterocycles. The molecule has 0 aliphatic carbocycles. The highest BCUT2D eigenvalue weighted by Crippen LogP contribution is 2.24. The molecule has 94 valence electrons. The maximum atomic E-state index is 7.57. The van der Waals surface area contributed by atoms with Gasteiger partial charge in [-0.1, -0.05) is 27.2 Å². The lowest BCUT2D eigenvalue weighted by molar-refractivity contribution is 0.132. The van der Waals surface area contributed by atoms with Crippen LogP contribution in [0.2, 0.25) is 0 Å². The average molecular weight is 225 g/mol. The molecule has 1 atom stereocenters. The minimum atomic E-state index is -0.143. The van der Waals surface area contributed by atoms with E-state index in [2.05, 4.69) is 25.7 Å². The summed E-state index contributed by atoms with van der Waals surface area (Å²) < 4.78 is 0. The highest BCUT2D eigenvalue weighted by atomic mass is 15.2. The first-order valence-electron chi connectivity index (χ1n) is 6.56. The zero-order chi connectivity index (χ0) is 12.2. The van der Waals surface area contributed by atoms with Crippen molar-refractivity contribution in [1.29, 1.82) is 5.41 Å². The van der Waals surface area contributed by atoms with Gasteiger partial charge in [-0.15, -0.1) is 0 Å². The fraction of sp³-hybridized carbons (Fsp3) is 0.923. The van der Waals surface area contributed by atoms with Crippen molar-refractivity contribution < 1.29 is 0 Å². The molecule has 0 amide bonds. The second kappa shape index (κ2) is 5.67. The topological polar surface area (TPSA) is 53.1 Å². The first-order chi connectivity index (χ1) is 7.47. The van der Waals surface area contributed by atoms with Crippen LogP contribution in [0, 0.1) is 10.8 Å². The summed E-state index contributed by atoms with van der Waals surface area (Å²) in [6.07, 6.45) is 6.30. The van der Waals surface area contributed by atoms with Gasteiger partial charge in [-0.2, -0.15) is 0 Å². The fourth-order valence-electron chi connectivity index (χ4n) is 2.37. The van der Waals surface area contributed by atoms with Gasteiger partial charge in [0.2, 0.25) is 0 Å². The lowest BCUT2D eigenvalue weighted by Gasteiger charge is -2.37. The third-order valence-corrected chi connectivity index (χ3v) is 3.97. The van der Waals surface area contributed by atoms with Crippen LogP contribution >= 0.6 is 0 Å². The molecule has 1 saturated heterocycles. The maximum absolute atomic E-state index is 7.57. The molecule has 1 aliphatic heterocycles. The van der Waals surface area contributed by atoms with Gasteiger partial charge in [-0.05, 0) is 38.8 Å². The van der Waals surface area contributed by atoms with Crippen LogP contribution in [0.25, 0.3) is 0 Å². The number of hydrogen-bond acceptors (Lipinski definition) is 2. The minimum Gasteiger partial charge on any atom is -0.387 e. The number of rotatable bonds is 5. The van der Waals surface area contributed by atoms with Crippen LogP contribution in [0.3, 0.4) is 0 Å². The smallest absolute Gasteiger partial charge is 0.0963 e. The molecule has 3 nitrogen and oxygen atoms in total. The van der Waals surface area contributed by atoms with Gasteiger partial charge in [0.05, 0.1) is 5.84 Å². The number of nitrogens with zero attached hydrogens (tertiary/aromatic N) is 1. The highest BCUT2D eigenvalue weighted by Gasteiger charge is 2.26. The van der Waals surface area contributed by atoms with Crippen molar-refractivity contribution in [2.24, 2.45) is 11.1 Å². The lowest BCUT2D eigenvalue weighted by atomic mass is 9.87. The van der Waals surface area contributed by atoms with E-state index in [4.69, 9.17) is 11.1 Å². The molecule has 0 radical (unpaired) electrons.